The number of benzene rings is 1. The SMILES string of the molecule is CC(C)NC(CC(=O)O)C(=O)c1ccc2[nH]c(=O)oc2c1. The molecule has 0 radical (unpaired) electrons. The van der Waals surface area contributed by atoms with E-state index in [-0.39, 0.29) is 23.8 Å². The number of hydrogen-bond donors (Lipinski definition) is 3. The molecule has 1 unspecified atom stereocenters. The van der Waals surface area contributed by atoms with Crippen LogP contribution in [0.5, 0.6) is 0 Å². The van der Waals surface area contributed by atoms with E-state index in [1.807, 2.05) is 13.8 Å². The molecule has 0 fully saturated rings. The summed E-state index contributed by atoms with van der Waals surface area (Å²) in [6.07, 6.45) is -0.313. The largest absolute Gasteiger partial charge is 0.481 e. The minimum Gasteiger partial charge on any atom is -0.481 e. The van der Waals surface area contributed by atoms with E-state index in [4.69, 9.17) is 9.52 Å². The first-order chi connectivity index (χ1) is 9.86. The Bertz CT molecular complexity index is 728. The first kappa shape index (κ1) is 15.0. The number of oxazole rings is 1. The molecular formula is C14H16N2O5. The van der Waals surface area contributed by atoms with Crippen LogP contribution < -0.4 is 11.1 Å². The molecular weight excluding hydrogens is 276 g/mol. The van der Waals surface area contributed by atoms with E-state index >= 15 is 0 Å². The van der Waals surface area contributed by atoms with Crippen LogP contribution in [0.25, 0.3) is 11.1 Å². The second-order valence-electron chi connectivity index (χ2n) is 5.06. The maximum Gasteiger partial charge on any atom is 0.417 e. The molecule has 2 aromatic rings. The number of hydrogen-bond acceptors (Lipinski definition) is 5. The molecule has 1 atom stereocenters. The molecule has 0 spiro atoms. The summed E-state index contributed by atoms with van der Waals surface area (Å²) in [4.78, 5) is 36.9. The Morgan fingerprint density at radius 2 is 2.10 bits per heavy atom. The summed E-state index contributed by atoms with van der Waals surface area (Å²) in [5.41, 5.74) is 1.05. The van der Waals surface area contributed by atoms with Crippen molar-refractivity contribution in [2.45, 2.75) is 32.4 Å². The van der Waals surface area contributed by atoms with Crippen molar-refractivity contribution in [3.63, 3.8) is 0 Å². The van der Waals surface area contributed by atoms with Crippen molar-refractivity contribution in [1.82, 2.24) is 10.3 Å². The van der Waals surface area contributed by atoms with Crippen LogP contribution in [0.15, 0.2) is 27.4 Å². The average molecular weight is 292 g/mol. The lowest BCUT2D eigenvalue weighted by molar-refractivity contribution is -0.137. The van der Waals surface area contributed by atoms with Gasteiger partial charge >= 0.3 is 11.7 Å². The Kier molecular flexibility index (Phi) is 4.23. The Morgan fingerprint density at radius 3 is 2.71 bits per heavy atom. The molecule has 0 aliphatic carbocycles. The third-order valence-corrected chi connectivity index (χ3v) is 2.94. The molecule has 1 aromatic carbocycles. The highest BCUT2D eigenvalue weighted by atomic mass is 16.4. The zero-order chi connectivity index (χ0) is 15.6. The lowest BCUT2D eigenvalue weighted by Gasteiger charge is -2.18. The zero-order valence-electron chi connectivity index (χ0n) is 11.7. The average Bonchev–Trinajstić information content (AvgIpc) is 2.74. The number of rotatable bonds is 6. The highest BCUT2D eigenvalue weighted by Crippen LogP contribution is 2.15. The molecule has 112 valence electrons. The fourth-order valence-electron chi connectivity index (χ4n) is 2.10. The van der Waals surface area contributed by atoms with E-state index < -0.39 is 17.8 Å². The van der Waals surface area contributed by atoms with Crippen LogP contribution in [-0.4, -0.2) is 33.9 Å². The minimum absolute atomic E-state index is 0.0350. The van der Waals surface area contributed by atoms with Gasteiger partial charge in [0, 0.05) is 11.6 Å². The van der Waals surface area contributed by atoms with Gasteiger partial charge in [0.05, 0.1) is 18.0 Å². The van der Waals surface area contributed by atoms with E-state index in [9.17, 15) is 14.4 Å². The minimum atomic E-state index is -1.06. The fourth-order valence-corrected chi connectivity index (χ4v) is 2.10. The molecule has 3 N–H and O–H groups in total. The number of carbonyl (C=O) groups excluding carboxylic acids is 1. The summed E-state index contributed by atoms with van der Waals surface area (Å²) < 4.78 is 4.90. The van der Waals surface area contributed by atoms with Crippen molar-refractivity contribution in [1.29, 1.82) is 0 Å². The van der Waals surface area contributed by atoms with Crippen molar-refractivity contribution < 1.29 is 19.1 Å². The van der Waals surface area contributed by atoms with Crippen molar-refractivity contribution in [3.05, 3.63) is 34.3 Å². The molecule has 0 amide bonds. The number of ketones is 1. The van der Waals surface area contributed by atoms with Crippen molar-refractivity contribution in [2.75, 3.05) is 0 Å². The summed E-state index contributed by atoms with van der Waals surface area (Å²) >= 11 is 0. The predicted molar refractivity (Wildman–Crippen MR) is 75.5 cm³/mol. The molecule has 1 heterocycles. The van der Waals surface area contributed by atoms with E-state index in [2.05, 4.69) is 10.3 Å². The lowest BCUT2D eigenvalue weighted by atomic mass is 10.0. The number of aromatic amines is 1. The van der Waals surface area contributed by atoms with Gasteiger partial charge in [-0.25, -0.2) is 4.79 Å². The van der Waals surface area contributed by atoms with Crippen molar-refractivity contribution >= 4 is 22.9 Å². The molecule has 7 heteroatoms. The molecule has 2 rings (SSSR count). The Morgan fingerprint density at radius 1 is 1.38 bits per heavy atom. The number of aliphatic carboxylic acids is 1. The second-order valence-corrected chi connectivity index (χ2v) is 5.06. The number of aromatic nitrogens is 1. The lowest BCUT2D eigenvalue weighted by Crippen LogP contribution is -2.42. The molecule has 0 saturated carbocycles. The third kappa shape index (κ3) is 3.57. The van der Waals surface area contributed by atoms with Gasteiger partial charge in [0.1, 0.15) is 0 Å². The van der Waals surface area contributed by atoms with Crippen LogP contribution in [0.3, 0.4) is 0 Å². The Labute approximate surface area is 120 Å². The van der Waals surface area contributed by atoms with Crippen molar-refractivity contribution in [2.24, 2.45) is 0 Å². The maximum absolute atomic E-state index is 12.4. The number of H-pyrrole nitrogens is 1. The molecule has 0 aliphatic rings. The van der Waals surface area contributed by atoms with Crippen LogP contribution in [0.1, 0.15) is 30.6 Å². The molecule has 7 nitrogen and oxygen atoms in total. The molecule has 21 heavy (non-hydrogen) atoms. The smallest absolute Gasteiger partial charge is 0.417 e. The summed E-state index contributed by atoms with van der Waals surface area (Å²) in [6.45, 7) is 3.66. The summed E-state index contributed by atoms with van der Waals surface area (Å²) in [5.74, 6) is -2.01. The number of Topliss-reactive ketones (excluding diaryl/α,β-unsaturated/α-hetero) is 1. The summed E-state index contributed by atoms with van der Waals surface area (Å²) in [6, 6.07) is 3.66. The van der Waals surface area contributed by atoms with E-state index in [1.54, 1.807) is 6.07 Å². The molecule has 0 saturated heterocycles. The predicted octanol–water partition coefficient (Wildman–Crippen LogP) is 1.15. The van der Waals surface area contributed by atoms with Crippen LogP contribution in [0, 0.1) is 0 Å². The zero-order valence-corrected chi connectivity index (χ0v) is 11.7. The van der Waals surface area contributed by atoms with Gasteiger partial charge in [0.15, 0.2) is 11.4 Å². The Balaban J connectivity index is 2.32. The fraction of sp³-hybridized carbons (Fsp3) is 0.357. The van der Waals surface area contributed by atoms with Gasteiger partial charge in [0.2, 0.25) is 0 Å². The number of nitrogens with one attached hydrogen (secondary N) is 2. The topological polar surface area (TPSA) is 112 Å². The van der Waals surface area contributed by atoms with Crippen LogP contribution in [0.2, 0.25) is 0 Å². The van der Waals surface area contributed by atoms with Crippen LogP contribution in [-0.2, 0) is 4.79 Å². The van der Waals surface area contributed by atoms with E-state index in [0.717, 1.165) is 0 Å². The standard InChI is InChI=1S/C14H16N2O5/c1-7(2)15-10(6-12(17)18)13(19)8-3-4-9-11(5-8)21-14(20)16-9/h3-5,7,10,15H,6H2,1-2H3,(H,16,20)(H,17,18). The molecule has 1 aromatic heterocycles. The van der Waals surface area contributed by atoms with E-state index in [0.29, 0.717) is 11.1 Å². The van der Waals surface area contributed by atoms with Gasteiger partial charge in [-0.05, 0) is 18.2 Å². The quantitative estimate of drug-likeness (QED) is 0.688. The highest BCUT2D eigenvalue weighted by Gasteiger charge is 2.24. The van der Waals surface area contributed by atoms with Crippen LogP contribution >= 0.6 is 0 Å². The second kappa shape index (κ2) is 5.92. The van der Waals surface area contributed by atoms with E-state index in [1.165, 1.54) is 12.1 Å². The van der Waals surface area contributed by atoms with Gasteiger partial charge in [-0.15, -0.1) is 0 Å². The number of carboxylic acid groups (broad SMARTS) is 1. The van der Waals surface area contributed by atoms with Gasteiger partial charge in [-0.2, -0.15) is 0 Å². The van der Waals surface area contributed by atoms with Gasteiger partial charge < -0.3 is 14.8 Å². The normalized spacial score (nSPS) is 12.7. The van der Waals surface area contributed by atoms with Gasteiger partial charge in [-0.1, -0.05) is 13.8 Å². The summed E-state index contributed by atoms with van der Waals surface area (Å²) in [5, 5.41) is 11.8. The van der Waals surface area contributed by atoms with Gasteiger partial charge in [-0.3, -0.25) is 14.6 Å². The molecule has 0 aliphatic heterocycles. The number of fused-ring (bicyclic) bond motifs is 1. The maximum atomic E-state index is 12.4. The summed E-state index contributed by atoms with van der Waals surface area (Å²) in [7, 11) is 0. The number of carbonyl (C=O) groups is 2. The molecule has 0 bridgehead atoms. The highest BCUT2D eigenvalue weighted by molar-refractivity contribution is 6.03. The first-order valence-electron chi connectivity index (χ1n) is 6.51. The monoisotopic (exact) mass is 292 g/mol. The Hall–Kier alpha value is -2.41. The first-order valence-corrected chi connectivity index (χ1v) is 6.51. The van der Waals surface area contributed by atoms with Crippen molar-refractivity contribution in [3.8, 4) is 0 Å². The number of carboxylic acids is 1. The van der Waals surface area contributed by atoms with Gasteiger partial charge in [0.25, 0.3) is 0 Å². The third-order valence-electron chi connectivity index (χ3n) is 2.94. The van der Waals surface area contributed by atoms with Crippen LogP contribution in [0.4, 0.5) is 0 Å².